The monoisotopic (exact) mass is 234 g/mol. The summed E-state index contributed by atoms with van der Waals surface area (Å²) in [5, 5.41) is 9.75. The summed E-state index contributed by atoms with van der Waals surface area (Å²) >= 11 is 0. The Hall–Kier alpha value is -1.20. The molecule has 2 bridgehead atoms. The number of hydrogen-bond acceptors (Lipinski definition) is 5. The summed E-state index contributed by atoms with van der Waals surface area (Å²) < 4.78 is 0. The Morgan fingerprint density at radius 1 is 1.24 bits per heavy atom. The van der Waals surface area contributed by atoms with Gasteiger partial charge < -0.3 is 15.7 Å². The summed E-state index contributed by atoms with van der Waals surface area (Å²) in [5.74, 6) is 0.793. The number of hydrogen-bond donors (Lipinski definition) is 2. The van der Waals surface area contributed by atoms with Gasteiger partial charge in [0.2, 0.25) is 5.95 Å². The first-order valence-electron chi connectivity index (χ1n) is 6.25. The molecule has 0 saturated carbocycles. The highest BCUT2D eigenvalue weighted by molar-refractivity contribution is 5.37. The number of anilines is 1. The minimum absolute atomic E-state index is 0.146. The lowest BCUT2D eigenvalue weighted by atomic mass is 10.0. The molecule has 2 saturated heterocycles. The second-order valence-electron chi connectivity index (χ2n) is 5.01. The summed E-state index contributed by atoms with van der Waals surface area (Å²) in [5.41, 5.74) is 6.49. The molecule has 17 heavy (non-hydrogen) atoms. The van der Waals surface area contributed by atoms with E-state index in [2.05, 4.69) is 14.9 Å². The van der Waals surface area contributed by atoms with Gasteiger partial charge in [0.1, 0.15) is 0 Å². The van der Waals surface area contributed by atoms with Crippen LogP contribution in [0.25, 0.3) is 0 Å². The van der Waals surface area contributed by atoms with Gasteiger partial charge in [0, 0.05) is 36.6 Å². The molecular weight excluding hydrogens is 216 g/mol. The van der Waals surface area contributed by atoms with Crippen LogP contribution in [0.1, 0.15) is 31.2 Å². The van der Waals surface area contributed by atoms with Crippen molar-refractivity contribution in [3.05, 3.63) is 18.0 Å². The van der Waals surface area contributed by atoms with E-state index in [-0.39, 0.29) is 6.10 Å². The molecule has 2 unspecified atom stereocenters. The number of aliphatic hydroxyl groups excluding tert-OH is 1. The Morgan fingerprint density at radius 3 is 2.35 bits per heavy atom. The normalized spacial score (nSPS) is 31.9. The van der Waals surface area contributed by atoms with E-state index < -0.39 is 0 Å². The summed E-state index contributed by atoms with van der Waals surface area (Å²) in [6.45, 7) is 0.478. The molecule has 0 aromatic carbocycles. The maximum absolute atomic E-state index is 9.75. The molecule has 0 aliphatic carbocycles. The van der Waals surface area contributed by atoms with E-state index in [0.717, 1.165) is 37.2 Å². The van der Waals surface area contributed by atoms with Gasteiger partial charge in [-0.05, 0) is 25.7 Å². The Bertz CT molecular complexity index is 380. The number of rotatable bonds is 2. The topological polar surface area (TPSA) is 75.3 Å². The highest BCUT2D eigenvalue weighted by Crippen LogP contribution is 2.37. The molecule has 2 fully saturated rings. The third-order valence-electron chi connectivity index (χ3n) is 3.87. The largest absolute Gasteiger partial charge is 0.393 e. The third-order valence-corrected chi connectivity index (χ3v) is 3.87. The number of aliphatic hydroxyl groups is 1. The van der Waals surface area contributed by atoms with Crippen molar-refractivity contribution in [2.24, 2.45) is 5.73 Å². The molecule has 3 heterocycles. The average molecular weight is 234 g/mol. The molecule has 2 aliphatic rings. The smallest absolute Gasteiger partial charge is 0.225 e. The molecule has 2 aliphatic heterocycles. The molecule has 0 radical (unpaired) electrons. The van der Waals surface area contributed by atoms with Gasteiger partial charge in [-0.15, -0.1) is 0 Å². The van der Waals surface area contributed by atoms with Crippen molar-refractivity contribution in [1.29, 1.82) is 0 Å². The molecule has 3 rings (SSSR count). The second kappa shape index (κ2) is 4.23. The van der Waals surface area contributed by atoms with E-state index in [1.807, 2.05) is 0 Å². The zero-order valence-electron chi connectivity index (χ0n) is 9.79. The number of nitrogens with zero attached hydrogens (tertiary/aromatic N) is 3. The summed E-state index contributed by atoms with van der Waals surface area (Å²) in [6, 6.07) is 0.819. The quantitative estimate of drug-likeness (QED) is 0.776. The SMILES string of the molecule is NCc1cnc(N2C3CCC2CC(O)C3)nc1. The summed E-state index contributed by atoms with van der Waals surface area (Å²) in [7, 11) is 0. The Labute approximate surface area is 101 Å². The molecular formula is C12H18N4O. The zero-order chi connectivity index (χ0) is 11.8. The molecule has 1 aromatic heterocycles. The first-order chi connectivity index (χ1) is 8.28. The lowest BCUT2D eigenvalue weighted by Gasteiger charge is -2.37. The Balaban J connectivity index is 1.84. The molecule has 2 atom stereocenters. The van der Waals surface area contributed by atoms with Crippen molar-refractivity contribution in [3.8, 4) is 0 Å². The minimum Gasteiger partial charge on any atom is -0.393 e. The van der Waals surface area contributed by atoms with Gasteiger partial charge in [0.05, 0.1) is 6.10 Å². The molecule has 92 valence electrons. The molecule has 5 nitrogen and oxygen atoms in total. The van der Waals surface area contributed by atoms with E-state index in [4.69, 9.17) is 5.73 Å². The molecule has 5 heteroatoms. The van der Waals surface area contributed by atoms with E-state index in [0.29, 0.717) is 18.6 Å². The van der Waals surface area contributed by atoms with Gasteiger partial charge in [-0.25, -0.2) is 9.97 Å². The van der Waals surface area contributed by atoms with Crippen LogP contribution in [-0.2, 0) is 6.54 Å². The van der Waals surface area contributed by atoms with E-state index in [1.54, 1.807) is 12.4 Å². The van der Waals surface area contributed by atoms with Crippen LogP contribution in [0.4, 0.5) is 5.95 Å². The maximum atomic E-state index is 9.75. The van der Waals surface area contributed by atoms with Crippen LogP contribution in [0.3, 0.4) is 0 Å². The molecule has 3 N–H and O–H groups in total. The highest BCUT2D eigenvalue weighted by Gasteiger charge is 2.41. The van der Waals surface area contributed by atoms with Crippen molar-refractivity contribution in [3.63, 3.8) is 0 Å². The van der Waals surface area contributed by atoms with Crippen LogP contribution >= 0.6 is 0 Å². The zero-order valence-corrected chi connectivity index (χ0v) is 9.79. The molecule has 0 amide bonds. The second-order valence-corrected chi connectivity index (χ2v) is 5.01. The van der Waals surface area contributed by atoms with Crippen LogP contribution in [-0.4, -0.2) is 33.3 Å². The number of aromatic nitrogens is 2. The Kier molecular flexibility index (Phi) is 2.72. The minimum atomic E-state index is -0.146. The van der Waals surface area contributed by atoms with Crippen molar-refractivity contribution in [1.82, 2.24) is 9.97 Å². The van der Waals surface area contributed by atoms with Crippen molar-refractivity contribution < 1.29 is 5.11 Å². The van der Waals surface area contributed by atoms with E-state index >= 15 is 0 Å². The fourth-order valence-electron chi connectivity index (χ4n) is 3.06. The van der Waals surface area contributed by atoms with E-state index in [9.17, 15) is 5.11 Å². The van der Waals surface area contributed by atoms with Gasteiger partial charge in [0.15, 0.2) is 0 Å². The van der Waals surface area contributed by atoms with Crippen LogP contribution < -0.4 is 10.6 Å². The molecule has 0 spiro atoms. The fraction of sp³-hybridized carbons (Fsp3) is 0.667. The maximum Gasteiger partial charge on any atom is 0.225 e. The first-order valence-corrected chi connectivity index (χ1v) is 6.25. The van der Waals surface area contributed by atoms with Crippen molar-refractivity contribution in [2.75, 3.05) is 4.90 Å². The Morgan fingerprint density at radius 2 is 1.82 bits per heavy atom. The number of piperidine rings is 1. The van der Waals surface area contributed by atoms with Crippen LogP contribution in [0.2, 0.25) is 0 Å². The predicted molar refractivity (Wildman–Crippen MR) is 64.5 cm³/mol. The number of fused-ring (bicyclic) bond motifs is 2. The first kappa shape index (κ1) is 10.9. The van der Waals surface area contributed by atoms with Crippen LogP contribution in [0, 0.1) is 0 Å². The average Bonchev–Trinajstić information content (AvgIpc) is 2.62. The number of nitrogens with two attached hydrogens (primary N) is 1. The van der Waals surface area contributed by atoms with Gasteiger partial charge in [-0.1, -0.05) is 0 Å². The third kappa shape index (κ3) is 1.89. The fourth-order valence-corrected chi connectivity index (χ4v) is 3.06. The van der Waals surface area contributed by atoms with Crippen molar-refractivity contribution >= 4 is 5.95 Å². The van der Waals surface area contributed by atoms with Gasteiger partial charge in [-0.2, -0.15) is 0 Å². The van der Waals surface area contributed by atoms with Crippen LogP contribution in [0.5, 0.6) is 0 Å². The lowest BCUT2D eigenvalue weighted by molar-refractivity contribution is 0.125. The van der Waals surface area contributed by atoms with Crippen LogP contribution in [0.15, 0.2) is 12.4 Å². The van der Waals surface area contributed by atoms with Crippen molar-refractivity contribution in [2.45, 2.75) is 50.4 Å². The van der Waals surface area contributed by atoms with Gasteiger partial charge >= 0.3 is 0 Å². The highest BCUT2D eigenvalue weighted by atomic mass is 16.3. The van der Waals surface area contributed by atoms with E-state index in [1.165, 1.54) is 0 Å². The lowest BCUT2D eigenvalue weighted by Crippen LogP contribution is -2.45. The standard InChI is InChI=1S/C12H18N4O/c13-5-8-6-14-12(15-7-8)16-9-1-2-10(16)4-11(17)3-9/h6-7,9-11,17H,1-5,13H2. The summed E-state index contributed by atoms with van der Waals surface area (Å²) in [4.78, 5) is 11.1. The van der Waals surface area contributed by atoms with Gasteiger partial charge in [-0.3, -0.25) is 0 Å². The molecule has 1 aromatic rings. The van der Waals surface area contributed by atoms with Gasteiger partial charge in [0.25, 0.3) is 0 Å². The summed E-state index contributed by atoms with van der Waals surface area (Å²) in [6.07, 6.45) is 7.43. The predicted octanol–water partition coefficient (Wildman–Crippen LogP) is 0.427.